The largest absolute Gasteiger partial charge is 0.368 e. The number of aryl methyl sites for hydroxylation is 1. The molecule has 2 aromatic heterocycles. The predicted octanol–water partition coefficient (Wildman–Crippen LogP) is 3.34. The van der Waals surface area contributed by atoms with Crippen LogP contribution < -0.4 is 20.4 Å². The zero-order valence-corrected chi connectivity index (χ0v) is 22.5. The molecule has 4 heterocycles. The summed E-state index contributed by atoms with van der Waals surface area (Å²) < 4.78 is 15.6. The number of hydrogen-bond donors (Lipinski definition) is 2. The van der Waals surface area contributed by atoms with Gasteiger partial charge < -0.3 is 15.5 Å². The first-order valence-corrected chi connectivity index (χ1v) is 13.5. The minimum Gasteiger partial charge on any atom is -0.368 e. The van der Waals surface area contributed by atoms with Crippen molar-refractivity contribution in [1.82, 2.24) is 25.2 Å². The van der Waals surface area contributed by atoms with Crippen LogP contribution in [0.3, 0.4) is 0 Å². The van der Waals surface area contributed by atoms with Crippen molar-refractivity contribution < 1.29 is 14.0 Å². The number of urea groups is 1. The number of aromatic nitrogens is 3. The summed E-state index contributed by atoms with van der Waals surface area (Å²) in [6, 6.07) is 7.14. The monoisotopic (exact) mass is 543 g/mol. The van der Waals surface area contributed by atoms with Crippen molar-refractivity contribution in [2.75, 3.05) is 47.8 Å². The van der Waals surface area contributed by atoms with E-state index in [0.29, 0.717) is 60.6 Å². The maximum absolute atomic E-state index is 15.6. The minimum absolute atomic E-state index is 0.141. The standard InChI is InChI=1S/C28H30FN9O2/c1-3-38-25-22-20(31-16-32-25)14-18(23(29)24(22)34-27(38)40)15-36-10-12-37(13-11-36)21-5-4-19(33-17(21)2)26(39)35-28(6-7-28)8-9-30/h4-5,14,16H,3,6-8,10-13,15H2,1-2H3,(H,34,40)(H,35,39). The lowest BCUT2D eigenvalue weighted by Crippen LogP contribution is -2.46. The van der Waals surface area contributed by atoms with Crippen LogP contribution in [0.25, 0.3) is 10.9 Å². The summed E-state index contributed by atoms with van der Waals surface area (Å²) in [4.78, 5) is 44.3. The van der Waals surface area contributed by atoms with E-state index in [-0.39, 0.29) is 11.6 Å². The summed E-state index contributed by atoms with van der Waals surface area (Å²) in [5, 5.41) is 15.2. The Kier molecular flexibility index (Phi) is 6.46. The number of carbonyl (C=O) groups is 2. The lowest BCUT2D eigenvalue weighted by atomic mass is 10.1. The molecule has 0 atom stereocenters. The summed E-state index contributed by atoms with van der Waals surface area (Å²) in [6.45, 7) is 7.38. The highest BCUT2D eigenvalue weighted by atomic mass is 19.1. The van der Waals surface area contributed by atoms with E-state index >= 15 is 4.39 Å². The quantitative estimate of drug-likeness (QED) is 0.464. The fraction of sp³-hybridized carbons (Fsp3) is 0.429. The number of nitriles is 1. The predicted molar refractivity (Wildman–Crippen MR) is 148 cm³/mol. The lowest BCUT2D eigenvalue weighted by molar-refractivity contribution is 0.0927. The van der Waals surface area contributed by atoms with Gasteiger partial charge >= 0.3 is 6.03 Å². The molecule has 2 fully saturated rings. The zero-order valence-electron chi connectivity index (χ0n) is 22.5. The van der Waals surface area contributed by atoms with Gasteiger partial charge in [-0.3, -0.25) is 14.6 Å². The molecule has 12 heteroatoms. The van der Waals surface area contributed by atoms with Gasteiger partial charge in [0.1, 0.15) is 17.8 Å². The van der Waals surface area contributed by atoms with Crippen LogP contribution in [0.5, 0.6) is 0 Å². The number of pyridine rings is 1. The van der Waals surface area contributed by atoms with Crippen molar-refractivity contribution in [3.05, 3.63) is 47.3 Å². The van der Waals surface area contributed by atoms with E-state index in [2.05, 4.69) is 41.5 Å². The highest BCUT2D eigenvalue weighted by Crippen LogP contribution is 2.39. The summed E-state index contributed by atoms with van der Waals surface area (Å²) in [5.41, 5.74) is 2.89. The van der Waals surface area contributed by atoms with Gasteiger partial charge in [0, 0.05) is 44.8 Å². The second kappa shape index (κ2) is 9.98. The Bertz CT molecular complexity index is 1560. The SMILES string of the molecule is CCN1C(=O)Nc2c(F)c(CN3CCN(c4ccc(C(=O)NC5(CC#N)CC5)nc4C)CC3)cc3ncnc1c23. The van der Waals surface area contributed by atoms with E-state index in [0.717, 1.165) is 37.3 Å². The van der Waals surface area contributed by atoms with E-state index in [1.165, 1.54) is 11.2 Å². The fourth-order valence-electron chi connectivity index (χ4n) is 5.59. The summed E-state index contributed by atoms with van der Waals surface area (Å²) in [6.07, 6.45) is 3.36. The number of nitrogens with one attached hydrogen (secondary N) is 2. The second-order valence-corrected chi connectivity index (χ2v) is 10.6. The van der Waals surface area contributed by atoms with Gasteiger partial charge in [-0.15, -0.1) is 0 Å². The molecule has 1 aliphatic carbocycles. The Morgan fingerprint density at radius 1 is 1.23 bits per heavy atom. The molecule has 3 aromatic rings. The maximum Gasteiger partial charge on any atom is 0.327 e. The molecular weight excluding hydrogens is 513 g/mol. The number of hydrogen-bond acceptors (Lipinski definition) is 8. The molecular formula is C28H30FN9O2. The van der Waals surface area contributed by atoms with Gasteiger partial charge in [0.25, 0.3) is 5.91 Å². The fourth-order valence-corrected chi connectivity index (χ4v) is 5.59. The van der Waals surface area contributed by atoms with E-state index < -0.39 is 17.4 Å². The lowest BCUT2D eigenvalue weighted by Gasteiger charge is -2.37. The molecule has 40 heavy (non-hydrogen) atoms. The third-order valence-electron chi connectivity index (χ3n) is 8.02. The number of halogens is 1. The van der Waals surface area contributed by atoms with Crippen LogP contribution in [-0.2, 0) is 6.54 Å². The van der Waals surface area contributed by atoms with Crippen LogP contribution in [0.4, 0.5) is 26.4 Å². The molecule has 1 saturated carbocycles. The number of benzene rings is 1. The molecule has 1 aromatic carbocycles. The number of piperazine rings is 1. The van der Waals surface area contributed by atoms with Crippen LogP contribution in [0.2, 0.25) is 0 Å². The molecule has 11 nitrogen and oxygen atoms in total. The van der Waals surface area contributed by atoms with Crippen LogP contribution >= 0.6 is 0 Å². The van der Waals surface area contributed by atoms with Gasteiger partial charge in [-0.1, -0.05) is 0 Å². The first-order valence-electron chi connectivity index (χ1n) is 13.5. The first-order chi connectivity index (χ1) is 19.3. The first kappa shape index (κ1) is 25.9. The minimum atomic E-state index is -0.452. The normalized spacial score (nSPS) is 17.9. The van der Waals surface area contributed by atoms with Gasteiger partial charge in [0.15, 0.2) is 5.82 Å². The van der Waals surface area contributed by atoms with E-state index in [4.69, 9.17) is 5.26 Å². The summed E-state index contributed by atoms with van der Waals surface area (Å²) in [7, 11) is 0. The summed E-state index contributed by atoms with van der Waals surface area (Å²) in [5.74, 6) is -0.279. The van der Waals surface area contributed by atoms with Gasteiger partial charge in [-0.2, -0.15) is 5.26 Å². The molecule has 2 N–H and O–H groups in total. The van der Waals surface area contributed by atoms with Gasteiger partial charge in [-0.05, 0) is 44.9 Å². The third kappa shape index (κ3) is 4.56. The zero-order chi connectivity index (χ0) is 28.0. The van der Waals surface area contributed by atoms with Crippen molar-refractivity contribution in [3.8, 4) is 6.07 Å². The molecule has 6 rings (SSSR count). The Labute approximate surface area is 231 Å². The molecule has 206 valence electrons. The maximum atomic E-state index is 15.6. The molecule has 0 bridgehead atoms. The smallest absolute Gasteiger partial charge is 0.327 e. The molecule has 3 amide bonds. The number of carbonyl (C=O) groups excluding carboxylic acids is 2. The number of amides is 3. The Balaban J connectivity index is 1.13. The molecule has 3 aliphatic rings. The Morgan fingerprint density at radius 2 is 2.00 bits per heavy atom. The Hall–Kier alpha value is -4.37. The second-order valence-electron chi connectivity index (χ2n) is 10.6. The summed E-state index contributed by atoms with van der Waals surface area (Å²) >= 11 is 0. The van der Waals surface area contributed by atoms with Crippen molar-refractivity contribution in [2.45, 2.75) is 45.2 Å². The van der Waals surface area contributed by atoms with Crippen LogP contribution in [0.15, 0.2) is 24.5 Å². The average molecular weight is 544 g/mol. The van der Waals surface area contributed by atoms with Crippen molar-refractivity contribution >= 4 is 40.0 Å². The van der Waals surface area contributed by atoms with E-state index in [9.17, 15) is 9.59 Å². The topological polar surface area (TPSA) is 130 Å². The Morgan fingerprint density at radius 3 is 2.67 bits per heavy atom. The van der Waals surface area contributed by atoms with Crippen LogP contribution in [0, 0.1) is 24.1 Å². The number of anilines is 3. The molecule has 2 aliphatic heterocycles. The molecule has 0 spiro atoms. The van der Waals surface area contributed by atoms with E-state index in [1.54, 1.807) is 12.1 Å². The van der Waals surface area contributed by atoms with E-state index in [1.807, 2.05) is 19.9 Å². The highest BCUT2D eigenvalue weighted by Gasteiger charge is 2.44. The van der Waals surface area contributed by atoms with Crippen LogP contribution in [0.1, 0.15) is 47.9 Å². The van der Waals surface area contributed by atoms with Crippen molar-refractivity contribution in [1.29, 1.82) is 5.26 Å². The molecule has 0 radical (unpaired) electrons. The number of nitrogens with zero attached hydrogens (tertiary/aromatic N) is 7. The van der Waals surface area contributed by atoms with Crippen LogP contribution in [-0.4, -0.2) is 70.1 Å². The van der Waals surface area contributed by atoms with Crippen molar-refractivity contribution in [3.63, 3.8) is 0 Å². The average Bonchev–Trinajstić information content (AvgIpc) is 3.70. The molecule has 0 unspecified atom stereocenters. The van der Waals surface area contributed by atoms with Gasteiger partial charge in [0.05, 0.1) is 46.0 Å². The highest BCUT2D eigenvalue weighted by molar-refractivity contribution is 6.17. The van der Waals surface area contributed by atoms with Crippen molar-refractivity contribution in [2.24, 2.45) is 0 Å². The third-order valence-corrected chi connectivity index (χ3v) is 8.02. The molecule has 1 saturated heterocycles. The van der Waals surface area contributed by atoms with Gasteiger partial charge in [0.2, 0.25) is 0 Å². The van der Waals surface area contributed by atoms with Gasteiger partial charge in [-0.25, -0.2) is 24.1 Å². The number of rotatable bonds is 7.